The van der Waals surface area contributed by atoms with Gasteiger partial charge in [-0.3, -0.25) is 4.79 Å². The standard InChI is InChI=1S/C20H24N2O5S/c1-3-27-17-6-4-5-16(13-17)21-20(23)19-14-18(8-7-15(19)2)28(24,25)22-9-11-26-12-10-22/h4-8,13-14H,3,9-12H2,1-2H3,(H,21,23). The van der Waals surface area contributed by atoms with Gasteiger partial charge in [0.1, 0.15) is 5.75 Å². The van der Waals surface area contributed by atoms with Crippen LogP contribution in [-0.2, 0) is 14.8 Å². The van der Waals surface area contributed by atoms with E-state index in [0.29, 0.717) is 55.5 Å². The van der Waals surface area contributed by atoms with Crippen LogP contribution in [0, 0.1) is 6.92 Å². The predicted molar refractivity (Wildman–Crippen MR) is 106 cm³/mol. The van der Waals surface area contributed by atoms with E-state index in [4.69, 9.17) is 9.47 Å². The first kappa shape index (κ1) is 20.3. The summed E-state index contributed by atoms with van der Waals surface area (Å²) in [5, 5.41) is 2.81. The topological polar surface area (TPSA) is 84.9 Å². The molecule has 1 fully saturated rings. The Balaban J connectivity index is 1.84. The first-order valence-electron chi connectivity index (χ1n) is 9.14. The van der Waals surface area contributed by atoms with Crippen molar-refractivity contribution in [2.75, 3.05) is 38.2 Å². The van der Waals surface area contributed by atoms with Crippen molar-refractivity contribution in [1.29, 1.82) is 0 Å². The number of carbonyl (C=O) groups excluding carboxylic acids is 1. The number of sulfonamides is 1. The Kier molecular flexibility index (Phi) is 6.33. The van der Waals surface area contributed by atoms with Crippen molar-refractivity contribution in [2.45, 2.75) is 18.7 Å². The van der Waals surface area contributed by atoms with Crippen molar-refractivity contribution >= 4 is 21.6 Å². The van der Waals surface area contributed by atoms with Gasteiger partial charge in [0.2, 0.25) is 10.0 Å². The highest BCUT2D eigenvalue weighted by Gasteiger charge is 2.27. The molecule has 8 heteroatoms. The number of amides is 1. The SMILES string of the molecule is CCOc1cccc(NC(=O)c2cc(S(=O)(=O)N3CCOCC3)ccc2C)c1. The molecule has 0 aromatic heterocycles. The van der Waals surface area contributed by atoms with E-state index in [9.17, 15) is 13.2 Å². The number of rotatable bonds is 6. The average Bonchev–Trinajstić information content (AvgIpc) is 2.69. The second kappa shape index (κ2) is 8.72. The summed E-state index contributed by atoms with van der Waals surface area (Å²) in [6.07, 6.45) is 0. The van der Waals surface area contributed by atoms with Crippen molar-refractivity contribution in [3.8, 4) is 5.75 Å². The maximum absolute atomic E-state index is 12.9. The molecular formula is C20H24N2O5S. The summed E-state index contributed by atoms with van der Waals surface area (Å²) in [4.78, 5) is 12.9. The van der Waals surface area contributed by atoms with Gasteiger partial charge in [0.25, 0.3) is 5.91 Å². The summed E-state index contributed by atoms with van der Waals surface area (Å²) in [5.74, 6) is 0.283. The first-order valence-corrected chi connectivity index (χ1v) is 10.6. The molecule has 3 rings (SSSR count). The van der Waals surface area contributed by atoms with Gasteiger partial charge >= 0.3 is 0 Å². The van der Waals surface area contributed by atoms with Crippen LogP contribution >= 0.6 is 0 Å². The summed E-state index contributed by atoms with van der Waals surface area (Å²) in [7, 11) is -3.67. The van der Waals surface area contributed by atoms with Gasteiger partial charge in [0.15, 0.2) is 0 Å². The van der Waals surface area contributed by atoms with Gasteiger partial charge in [-0.05, 0) is 43.7 Å². The Labute approximate surface area is 165 Å². The van der Waals surface area contributed by atoms with Gasteiger partial charge in [-0.25, -0.2) is 8.42 Å². The molecule has 1 aliphatic rings. The van der Waals surface area contributed by atoms with Crippen LogP contribution in [0.25, 0.3) is 0 Å². The highest BCUT2D eigenvalue weighted by atomic mass is 32.2. The number of nitrogens with one attached hydrogen (secondary N) is 1. The van der Waals surface area contributed by atoms with E-state index >= 15 is 0 Å². The van der Waals surface area contributed by atoms with Crippen LogP contribution in [0.3, 0.4) is 0 Å². The van der Waals surface area contributed by atoms with Crippen LogP contribution < -0.4 is 10.1 Å². The van der Waals surface area contributed by atoms with Crippen molar-refractivity contribution in [3.05, 3.63) is 53.6 Å². The van der Waals surface area contributed by atoms with E-state index < -0.39 is 10.0 Å². The predicted octanol–water partition coefficient (Wildman–Crippen LogP) is 2.67. The molecule has 28 heavy (non-hydrogen) atoms. The molecule has 0 bridgehead atoms. The van der Waals surface area contributed by atoms with Crippen LogP contribution in [-0.4, -0.2) is 51.5 Å². The Morgan fingerprint density at radius 1 is 1.18 bits per heavy atom. The van der Waals surface area contributed by atoms with Gasteiger partial charge in [0, 0.05) is 30.4 Å². The summed E-state index contributed by atoms with van der Waals surface area (Å²) in [6, 6.07) is 11.7. The zero-order valence-electron chi connectivity index (χ0n) is 16.0. The molecule has 0 radical (unpaired) electrons. The molecule has 0 unspecified atom stereocenters. The summed E-state index contributed by atoms with van der Waals surface area (Å²) >= 11 is 0. The summed E-state index contributed by atoms with van der Waals surface area (Å²) in [6.45, 7) is 5.54. The number of ether oxygens (including phenoxy) is 2. The maximum Gasteiger partial charge on any atom is 0.255 e. The molecule has 0 spiro atoms. The van der Waals surface area contributed by atoms with E-state index in [0.717, 1.165) is 0 Å². The van der Waals surface area contributed by atoms with Crippen LogP contribution in [0.15, 0.2) is 47.4 Å². The van der Waals surface area contributed by atoms with Crippen molar-refractivity contribution in [1.82, 2.24) is 4.31 Å². The minimum Gasteiger partial charge on any atom is -0.494 e. The fraction of sp³-hybridized carbons (Fsp3) is 0.350. The minimum absolute atomic E-state index is 0.105. The first-order chi connectivity index (χ1) is 13.4. The molecule has 1 saturated heterocycles. The maximum atomic E-state index is 12.9. The lowest BCUT2D eigenvalue weighted by Crippen LogP contribution is -2.40. The Hall–Kier alpha value is -2.42. The highest BCUT2D eigenvalue weighted by Crippen LogP contribution is 2.23. The molecule has 2 aromatic rings. The zero-order chi connectivity index (χ0) is 20.1. The highest BCUT2D eigenvalue weighted by molar-refractivity contribution is 7.89. The number of aryl methyl sites for hydroxylation is 1. The Morgan fingerprint density at radius 2 is 1.93 bits per heavy atom. The number of carbonyl (C=O) groups is 1. The molecule has 1 amide bonds. The Morgan fingerprint density at radius 3 is 2.64 bits per heavy atom. The summed E-state index contributed by atoms with van der Waals surface area (Å²) in [5.41, 5.74) is 1.59. The number of hydrogen-bond acceptors (Lipinski definition) is 5. The van der Waals surface area contributed by atoms with E-state index in [1.165, 1.54) is 16.4 Å². The van der Waals surface area contributed by atoms with Crippen LogP contribution in [0.1, 0.15) is 22.8 Å². The smallest absolute Gasteiger partial charge is 0.255 e. The van der Waals surface area contributed by atoms with E-state index in [2.05, 4.69) is 5.32 Å². The van der Waals surface area contributed by atoms with E-state index in [-0.39, 0.29) is 10.8 Å². The van der Waals surface area contributed by atoms with E-state index in [1.54, 1.807) is 37.3 Å². The third kappa shape index (κ3) is 4.52. The monoisotopic (exact) mass is 404 g/mol. The van der Waals surface area contributed by atoms with Crippen molar-refractivity contribution in [3.63, 3.8) is 0 Å². The van der Waals surface area contributed by atoms with Gasteiger partial charge in [-0.1, -0.05) is 12.1 Å². The number of anilines is 1. The minimum atomic E-state index is -3.67. The Bertz CT molecular complexity index is 953. The van der Waals surface area contributed by atoms with Crippen LogP contribution in [0.5, 0.6) is 5.75 Å². The second-order valence-corrected chi connectivity index (χ2v) is 8.35. The van der Waals surface area contributed by atoms with E-state index in [1.807, 2.05) is 6.92 Å². The number of nitrogens with zero attached hydrogens (tertiary/aromatic N) is 1. The van der Waals surface area contributed by atoms with Gasteiger partial charge in [0.05, 0.1) is 24.7 Å². The zero-order valence-corrected chi connectivity index (χ0v) is 16.8. The lowest BCUT2D eigenvalue weighted by molar-refractivity contribution is 0.0730. The molecule has 1 heterocycles. The molecule has 2 aromatic carbocycles. The van der Waals surface area contributed by atoms with Crippen molar-refractivity contribution < 1.29 is 22.7 Å². The molecule has 1 N–H and O–H groups in total. The van der Waals surface area contributed by atoms with Crippen LogP contribution in [0.2, 0.25) is 0 Å². The fourth-order valence-corrected chi connectivity index (χ4v) is 4.41. The molecule has 0 aliphatic carbocycles. The normalized spacial score (nSPS) is 15.2. The fourth-order valence-electron chi connectivity index (χ4n) is 2.97. The summed E-state index contributed by atoms with van der Waals surface area (Å²) < 4.78 is 37.8. The second-order valence-electron chi connectivity index (χ2n) is 6.41. The molecule has 7 nitrogen and oxygen atoms in total. The van der Waals surface area contributed by atoms with Crippen LogP contribution in [0.4, 0.5) is 5.69 Å². The van der Waals surface area contributed by atoms with Gasteiger partial charge < -0.3 is 14.8 Å². The van der Waals surface area contributed by atoms with Gasteiger partial charge in [-0.2, -0.15) is 4.31 Å². The molecule has 150 valence electrons. The van der Waals surface area contributed by atoms with Gasteiger partial charge in [-0.15, -0.1) is 0 Å². The number of morpholine rings is 1. The molecule has 0 atom stereocenters. The largest absolute Gasteiger partial charge is 0.494 e. The molecular weight excluding hydrogens is 380 g/mol. The van der Waals surface area contributed by atoms with Crippen molar-refractivity contribution in [2.24, 2.45) is 0 Å². The quantitative estimate of drug-likeness (QED) is 0.800. The third-order valence-electron chi connectivity index (χ3n) is 4.46. The lowest BCUT2D eigenvalue weighted by atomic mass is 10.1. The molecule has 0 saturated carbocycles. The lowest BCUT2D eigenvalue weighted by Gasteiger charge is -2.26. The third-order valence-corrected chi connectivity index (χ3v) is 6.36. The number of benzene rings is 2. The number of hydrogen-bond donors (Lipinski definition) is 1. The molecule has 1 aliphatic heterocycles. The average molecular weight is 404 g/mol.